The molecule has 0 unspecified atom stereocenters. The van der Waals surface area contributed by atoms with Gasteiger partial charge in [-0.25, -0.2) is 14.2 Å². The van der Waals surface area contributed by atoms with Gasteiger partial charge in [0, 0.05) is 11.8 Å². The third kappa shape index (κ3) is 1.93. The van der Waals surface area contributed by atoms with Crippen LogP contribution >= 0.6 is 0 Å². The van der Waals surface area contributed by atoms with Crippen molar-refractivity contribution in [1.29, 1.82) is 0 Å². The van der Waals surface area contributed by atoms with Gasteiger partial charge in [-0.05, 0) is 31.7 Å². The molecule has 0 saturated carbocycles. The Balaban J connectivity index is 2.13. The number of halogens is 1. The van der Waals surface area contributed by atoms with Crippen LogP contribution in [0.1, 0.15) is 34.6 Å². The van der Waals surface area contributed by atoms with E-state index in [4.69, 9.17) is 10.8 Å². The molecule has 6 heteroatoms. The SMILES string of the molecule is Nc1cc(C(=O)O)c(F)cc1-n1cnc2c1CCCC2. The summed E-state index contributed by atoms with van der Waals surface area (Å²) < 4.78 is 15.6. The van der Waals surface area contributed by atoms with Crippen LogP contribution < -0.4 is 5.73 Å². The molecule has 0 amide bonds. The minimum atomic E-state index is -1.33. The zero-order valence-electron chi connectivity index (χ0n) is 10.8. The van der Waals surface area contributed by atoms with Crippen molar-refractivity contribution in [3.05, 3.63) is 41.2 Å². The number of nitrogens with two attached hydrogens (primary N) is 1. The van der Waals surface area contributed by atoms with Crippen LogP contribution in [0.25, 0.3) is 5.69 Å². The second kappa shape index (κ2) is 4.63. The maximum atomic E-state index is 13.8. The van der Waals surface area contributed by atoms with Crippen LogP contribution in [0.5, 0.6) is 0 Å². The van der Waals surface area contributed by atoms with E-state index in [0.717, 1.165) is 49.2 Å². The fourth-order valence-electron chi connectivity index (χ4n) is 2.63. The van der Waals surface area contributed by atoms with Gasteiger partial charge < -0.3 is 15.4 Å². The zero-order valence-corrected chi connectivity index (χ0v) is 10.8. The quantitative estimate of drug-likeness (QED) is 0.823. The van der Waals surface area contributed by atoms with E-state index in [-0.39, 0.29) is 5.69 Å². The number of rotatable bonds is 2. The third-order valence-corrected chi connectivity index (χ3v) is 3.64. The highest BCUT2D eigenvalue weighted by Gasteiger charge is 2.20. The minimum absolute atomic E-state index is 0.231. The molecule has 5 nitrogen and oxygen atoms in total. The molecule has 2 aromatic rings. The number of carboxylic acids is 1. The monoisotopic (exact) mass is 275 g/mol. The number of anilines is 1. The minimum Gasteiger partial charge on any atom is -0.478 e. The molecule has 0 radical (unpaired) electrons. The van der Waals surface area contributed by atoms with Gasteiger partial charge in [0.05, 0.1) is 29.0 Å². The number of hydrogen-bond acceptors (Lipinski definition) is 3. The van der Waals surface area contributed by atoms with E-state index < -0.39 is 17.3 Å². The molecule has 104 valence electrons. The first-order chi connectivity index (χ1) is 9.58. The molecule has 0 fully saturated rings. The first kappa shape index (κ1) is 12.7. The van der Waals surface area contributed by atoms with Gasteiger partial charge in [0.25, 0.3) is 0 Å². The number of aromatic carboxylic acids is 1. The molecule has 0 bridgehead atoms. The highest BCUT2D eigenvalue weighted by molar-refractivity contribution is 5.90. The summed E-state index contributed by atoms with van der Waals surface area (Å²) in [6.45, 7) is 0. The van der Waals surface area contributed by atoms with E-state index in [2.05, 4.69) is 4.98 Å². The number of carboxylic acid groups (broad SMARTS) is 1. The molecule has 1 aliphatic carbocycles. The number of fused-ring (bicyclic) bond motifs is 1. The van der Waals surface area contributed by atoms with Gasteiger partial charge in [0.15, 0.2) is 0 Å². The zero-order chi connectivity index (χ0) is 14.3. The second-order valence-electron chi connectivity index (χ2n) is 4.91. The Labute approximate surface area is 114 Å². The average molecular weight is 275 g/mol. The molecular formula is C14H14FN3O2. The van der Waals surface area contributed by atoms with Crippen molar-refractivity contribution in [2.24, 2.45) is 0 Å². The topological polar surface area (TPSA) is 81.1 Å². The molecular weight excluding hydrogens is 261 g/mol. The highest BCUT2D eigenvalue weighted by atomic mass is 19.1. The molecule has 1 heterocycles. The van der Waals surface area contributed by atoms with E-state index in [1.54, 1.807) is 10.9 Å². The Morgan fingerprint density at radius 1 is 1.35 bits per heavy atom. The number of benzene rings is 1. The van der Waals surface area contributed by atoms with Crippen LogP contribution in [0, 0.1) is 5.82 Å². The number of hydrogen-bond donors (Lipinski definition) is 2. The molecule has 0 atom stereocenters. The van der Waals surface area contributed by atoms with Crippen LogP contribution in [-0.2, 0) is 12.8 Å². The number of nitrogen functional groups attached to an aromatic ring is 1. The first-order valence-electron chi connectivity index (χ1n) is 6.45. The van der Waals surface area contributed by atoms with Gasteiger partial charge in [-0.1, -0.05) is 0 Å². The molecule has 0 saturated heterocycles. The standard InChI is InChI=1S/C14H14FN3O2/c15-9-6-13(10(16)5-8(9)14(19)20)18-7-17-11-3-1-2-4-12(11)18/h5-7H,1-4,16H2,(H,19,20). The van der Waals surface area contributed by atoms with Crippen molar-refractivity contribution < 1.29 is 14.3 Å². The fraction of sp³-hybridized carbons (Fsp3) is 0.286. The Kier molecular flexibility index (Phi) is 2.93. The smallest absolute Gasteiger partial charge is 0.338 e. The largest absolute Gasteiger partial charge is 0.478 e. The van der Waals surface area contributed by atoms with Crippen molar-refractivity contribution in [1.82, 2.24) is 9.55 Å². The summed E-state index contributed by atoms with van der Waals surface area (Å²) >= 11 is 0. The normalized spacial score (nSPS) is 14.1. The summed E-state index contributed by atoms with van der Waals surface area (Å²) in [5.74, 6) is -2.12. The van der Waals surface area contributed by atoms with Gasteiger partial charge in [0.2, 0.25) is 0 Å². The third-order valence-electron chi connectivity index (χ3n) is 3.64. The van der Waals surface area contributed by atoms with Gasteiger partial charge >= 0.3 is 5.97 Å². The van der Waals surface area contributed by atoms with Crippen molar-refractivity contribution >= 4 is 11.7 Å². The maximum absolute atomic E-state index is 13.8. The summed E-state index contributed by atoms with van der Waals surface area (Å²) in [5.41, 5.74) is 8.18. The van der Waals surface area contributed by atoms with E-state index in [9.17, 15) is 9.18 Å². The van der Waals surface area contributed by atoms with Gasteiger partial charge in [-0.3, -0.25) is 0 Å². The molecule has 3 N–H and O–H groups in total. The van der Waals surface area contributed by atoms with Crippen LogP contribution in [0.4, 0.5) is 10.1 Å². The molecule has 0 spiro atoms. The lowest BCUT2D eigenvalue weighted by Crippen LogP contribution is -2.10. The molecule has 1 aliphatic rings. The van der Waals surface area contributed by atoms with Crippen molar-refractivity contribution in [2.75, 3.05) is 5.73 Å². The summed E-state index contributed by atoms with van der Waals surface area (Å²) in [5, 5.41) is 8.89. The average Bonchev–Trinajstić information content (AvgIpc) is 2.84. The summed E-state index contributed by atoms with van der Waals surface area (Å²) in [4.78, 5) is 15.2. The van der Waals surface area contributed by atoms with Gasteiger partial charge in [0.1, 0.15) is 5.82 Å². The van der Waals surface area contributed by atoms with Crippen LogP contribution in [0.3, 0.4) is 0 Å². The van der Waals surface area contributed by atoms with Crippen molar-refractivity contribution in [3.63, 3.8) is 0 Å². The Morgan fingerprint density at radius 2 is 2.10 bits per heavy atom. The van der Waals surface area contributed by atoms with Crippen LogP contribution in [0.2, 0.25) is 0 Å². The Morgan fingerprint density at radius 3 is 2.85 bits per heavy atom. The highest BCUT2D eigenvalue weighted by Crippen LogP contribution is 2.27. The summed E-state index contributed by atoms with van der Waals surface area (Å²) in [7, 11) is 0. The molecule has 0 aliphatic heterocycles. The first-order valence-corrected chi connectivity index (χ1v) is 6.45. The summed E-state index contributed by atoms with van der Waals surface area (Å²) in [6, 6.07) is 2.32. The number of aromatic nitrogens is 2. The summed E-state index contributed by atoms with van der Waals surface area (Å²) in [6.07, 6.45) is 5.58. The molecule has 1 aromatic carbocycles. The van der Waals surface area contributed by atoms with Gasteiger partial charge in [-0.15, -0.1) is 0 Å². The number of nitrogens with zero attached hydrogens (tertiary/aromatic N) is 2. The Hall–Kier alpha value is -2.37. The fourth-order valence-corrected chi connectivity index (χ4v) is 2.63. The van der Waals surface area contributed by atoms with E-state index in [0.29, 0.717) is 5.69 Å². The predicted molar refractivity (Wildman–Crippen MR) is 71.5 cm³/mol. The van der Waals surface area contributed by atoms with E-state index >= 15 is 0 Å². The molecule has 20 heavy (non-hydrogen) atoms. The Bertz CT molecular complexity index is 694. The van der Waals surface area contributed by atoms with Gasteiger partial charge in [-0.2, -0.15) is 0 Å². The molecule has 3 rings (SSSR count). The van der Waals surface area contributed by atoms with Crippen molar-refractivity contribution in [2.45, 2.75) is 25.7 Å². The second-order valence-corrected chi connectivity index (χ2v) is 4.91. The lowest BCUT2D eigenvalue weighted by molar-refractivity contribution is 0.0692. The maximum Gasteiger partial charge on any atom is 0.338 e. The number of aryl methyl sites for hydroxylation is 1. The van der Waals surface area contributed by atoms with Crippen LogP contribution in [0.15, 0.2) is 18.5 Å². The van der Waals surface area contributed by atoms with E-state index in [1.165, 1.54) is 0 Å². The van der Waals surface area contributed by atoms with E-state index in [1.807, 2.05) is 0 Å². The number of carbonyl (C=O) groups is 1. The predicted octanol–water partition coefficient (Wildman–Crippen LogP) is 2.17. The molecule has 1 aromatic heterocycles. The lowest BCUT2D eigenvalue weighted by atomic mass is 10.0. The van der Waals surface area contributed by atoms with Crippen molar-refractivity contribution in [3.8, 4) is 5.69 Å². The lowest BCUT2D eigenvalue weighted by Gasteiger charge is -2.16. The van der Waals surface area contributed by atoms with Crippen LogP contribution in [-0.4, -0.2) is 20.6 Å². The number of imidazole rings is 1.